The summed E-state index contributed by atoms with van der Waals surface area (Å²) in [6, 6.07) is 5.35. The summed E-state index contributed by atoms with van der Waals surface area (Å²) in [5.41, 5.74) is 2.20. The summed E-state index contributed by atoms with van der Waals surface area (Å²) in [5, 5.41) is 0. The van der Waals surface area contributed by atoms with Gasteiger partial charge in [-0.2, -0.15) is 11.8 Å². The Bertz CT molecular complexity index is 463. The van der Waals surface area contributed by atoms with E-state index >= 15 is 0 Å². The molecule has 0 aromatic heterocycles. The summed E-state index contributed by atoms with van der Waals surface area (Å²) >= 11 is 1.70. The van der Waals surface area contributed by atoms with Crippen LogP contribution in [0.2, 0.25) is 0 Å². The van der Waals surface area contributed by atoms with Gasteiger partial charge in [0.15, 0.2) is 6.29 Å². The number of hydrogen-bond acceptors (Lipinski definition) is 3. The van der Waals surface area contributed by atoms with Gasteiger partial charge in [0.25, 0.3) is 0 Å². The van der Waals surface area contributed by atoms with E-state index in [0.717, 1.165) is 17.6 Å². The van der Waals surface area contributed by atoms with E-state index in [-0.39, 0.29) is 6.03 Å². The Kier molecular flexibility index (Phi) is 5.89. The predicted octanol–water partition coefficient (Wildman–Crippen LogP) is 2.66. The quantitative estimate of drug-likeness (QED) is 0.779. The number of benzene rings is 1. The summed E-state index contributed by atoms with van der Waals surface area (Å²) in [6.45, 7) is 2.63. The number of nitrogens with zero attached hydrogens (tertiary/aromatic N) is 2. The lowest BCUT2D eigenvalue weighted by Crippen LogP contribution is -2.40. The summed E-state index contributed by atoms with van der Waals surface area (Å²) in [6.07, 6.45) is 2.79. The van der Waals surface area contributed by atoms with Gasteiger partial charge in [0.05, 0.1) is 5.69 Å². The Labute approximate surface area is 118 Å². The van der Waals surface area contributed by atoms with Gasteiger partial charge in [0.2, 0.25) is 0 Å². The number of carbonyl (C=O) groups is 2. The number of aryl methyl sites for hydroxylation is 1. The molecular formula is C14H20N2O2S. The first-order chi connectivity index (χ1) is 9.01. The molecule has 0 N–H and O–H groups in total. The van der Waals surface area contributed by atoms with Gasteiger partial charge in [-0.25, -0.2) is 4.79 Å². The van der Waals surface area contributed by atoms with Crippen LogP contribution in [0.3, 0.4) is 0 Å². The van der Waals surface area contributed by atoms with E-state index in [9.17, 15) is 9.59 Å². The first kappa shape index (κ1) is 15.6. The van der Waals surface area contributed by atoms with Crippen molar-refractivity contribution in [2.24, 2.45) is 0 Å². The Morgan fingerprint density at radius 3 is 2.63 bits per heavy atom. The molecule has 2 amide bonds. The second-order valence-electron chi connectivity index (χ2n) is 4.44. The van der Waals surface area contributed by atoms with E-state index in [1.165, 1.54) is 4.90 Å². The van der Waals surface area contributed by atoms with Crippen molar-refractivity contribution in [3.05, 3.63) is 29.3 Å². The maximum atomic E-state index is 12.3. The van der Waals surface area contributed by atoms with E-state index in [1.807, 2.05) is 25.3 Å². The van der Waals surface area contributed by atoms with E-state index in [2.05, 4.69) is 0 Å². The van der Waals surface area contributed by atoms with Crippen LogP contribution in [0.4, 0.5) is 10.5 Å². The number of rotatable bonds is 5. The molecule has 0 heterocycles. The molecule has 104 valence electrons. The third kappa shape index (κ3) is 3.99. The topological polar surface area (TPSA) is 40.6 Å². The molecule has 0 saturated heterocycles. The van der Waals surface area contributed by atoms with Gasteiger partial charge < -0.3 is 4.90 Å². The van der Waals surface area contributed by atoms with Crippen molar-refractivity contribution in [3.8, 4) is 0 Å². The molecule has 0 aliphatic carbocycles. The van der Waals surface area contributed by atoms with E-state index in [4.69, 9.17) is 0 Å². The lowest BCUT2D eigenvalue weighted by atomic mass is 10.1. The fourth-order valence-electron chi connectivity index (χ4n) is 1.73. The SMILES string of the molecule is CSCCN(C)C(=O)N(C)c1cc(C)ccc1C=O. The molecule has 1 aromatic carbocycles. The molecule has 0 unspecified atom stereocenters. The maximum absolute atomic E-state index is 12.3. The average molecular weight is 280 g/mol. The minimum Gasteiger partial charge on any atom is -0.327 e. The van der Waals surface area contributed by atoms with Crippen molar-refractivity contribution in [1.29, 1.82) is 0 Å². The van der Waals surface area contributed by atoms with Crippen LogP contribution in [0.15, 0.2) is 18.2 Å². The fraction of sp³-hybridized carbons (Fsp3) is 0.429. The van der Waals surface area contributed by atoms with Crippen molar-refractivity contribution in [3.63, 3.8) is 0 Å². The maximum Gasteiger partial charge on any atom is 0.324 e. The molecule has 0 saturated carbocycles. The largest absolute Gasteiger partial charge is 0.327 e. The van der Waals surface area contributed by atoms with Gasteiger partial charge in [-0.1, -0.05) is 6.07 Å². The lowest BCUT2D eigenvalue weighted by Gasteiger charge is -2.26. The molecule has 0 aliphatic rings. The zero-order valence-electron chi connectivity index (χ0n) is 11.8. The highest BCUT2D eigenvalue weighted by atomic mass is 32.2. The number of urea groups is 1. The van der Waals surface area contributed by atoms with Crippen LogP contribution >= 0.6 is 11.8 Å². The predicted molar refractivity (Wildman–Crippen MR) is 81.4 cm³/mol. The van der Waals surface area contributed by atoms with Crippen molar-refractivity contribution >= 4 is 29.8 Å². The fourth-order valence-corrected chi connectivity index (χ4v) is 2.18. The summed E-state index contributed by atoms with van der Waals surface area (Å²) in [5.74, 6) is 0.893. The highest BCUT2D eigenvalue weighted by molar-refractivity contribution is 7.98. The number of thioether (sulfide) groups is 1. The van der Waals surface area contributed by atoms with Crippen LogP contribution in [0.5, 0.6) is 0 Å². The Balaban J connectivity index is 2.92. The molecule has 5 heteroatoms. The van der Waals surface area contributed by atoms with Gasteiger partial charge >= 0.3 is 6.03 Å². The zero-order chi connectivity index (χ0) is 14.4. The van der Waals surface area contributed by atoms with Gasteiger partial charge in [-0.15, -0.1) is 0 Å². The highest BCUT2D eigenvalue weighted by Crippen LogP contribution is 2.20. The van der Waals surface area contributed by atoms with Crippen LogP contribution in [0.1, 0.15) is 15.9 Å². The van der Waals surface area contributed by atoms with E-state index < -0.39 is 0 Å². The third-order valence-corrected chi connectivity index (χ3v) is 3.51. The number of amides is 2. The van der Waals surface area contributed by atoms with Crippen LogP contribution in [-0.4, -0.2) is 49.9 Å². The molecular weight excluding hydrogens is 260 g/mol. The molecule has 0 atom stereocenters. The molecule has 19 heavy (non-hydrogen) atoms. The summed E-state index contributed by atoms with van der Waals surface area (Å²) in [4.78, 5) is 26.5. The van der Waals surface area contributed by atoms with E-state index in [0.29, 0.717) is 17.8 Å². The molecule has 1 rings (SSSR count). The molecule has 1 aromatic rings. The average Bonchev–Trinajstić information content (AvgIpc) is 2.42. The van der Waals surface area contributed by atoms with Gasteiger partial charge in [0, 0.05) is 32.0 Å². The van der Waals surface area contributed by atoms with Crippen LogP contribution in [0.25, 0.3) is 0 Å². The molecule has 0 radical (unpaired) electrons. The van der Waals surface area contributed by atoms with Gasteiger partial charge in [-0.05, 0) is 30.9 Å². The second-order valence-corrected chi connectivity index (χ2v) is 5.42. The minimum absolute atomic E-state index is 0.109. The molecule has 0 aliphatic heterocycles. The van der Waals surface area contributed by atoms with Gasteiger partial charge in [0.1, 0.15) is 0 Å². The number of aldehydes is 1. The zero-order valence-corrected chi connectivity index (χ0v) is 12.7. The van der Waals surface area contributed by atoms with Crippen molar-refractivity contribution < 1.29 is 9.59 Å². The van der Waals surface area contributed by atoms with Crippen LogP contribution in [0, 0.1) is 6.92 Å². The molecule has 0 spiro atoms. The third-order valence-electron chi connectivity index (χ3n) is 2.92. The van der Waals surface area contributed by atoms with Gasteiger partial charge in [-0.3, -0.25) is 9.69 Å². The van der Waals surface area contributed by atoms with Crippen molar-refractivity contribution in [1.82, 2.24) is 4.90 Å². The monoisotopic (exact) mass is 280 g/mol. The Hall–Kier alpha value is -1.49. The smallest absolute Gasteiger partial charge is 0.324 e. The standard InChI is InChI=1S/C14H20N2O2S/c1-11-5-6-12(10-17)13(9-11)16(3)14(18)15(2)7-8-19-4/h5-6,9-10H,7-8H2,1-4H3. The Morgan fingerprint density at radius 2 is 2.05 bits per heavy atom. The Morgan fingerprint density at radius 1 is 1.37 bits per heavy atom. The number of anilines is 1. The first-order valence-electron chi connectivity index (χ1n) is 6.04. The van der Waals surface area contributed by atoms with Crippen molar-refractivity contribution in [2.45, 2.75) is 6.92 Å². The lowest BCUT2D eigenvalue weighted by molar-refractivity contribution is 0.112. The van der Waals surface area contributed by atoms with Crippen LogP contribution < -0.4 is 4.90 Å². The van der Waals surface area contributed by atoms with Crippen LogP contribution in [-0.2, 0) is 0 Å². The first-order valence-corrected chi connectivity index (χ1v) is 7.44. The second kappa shape index (κ2) is 7.19. The molecule has 0 fully saturated rings. The van der Waals surface area contributed by atoms with Crippen molar-refractivity contribution in [2.75, 3.05) is 37.5 Å². The normalized spacial score (nSPS) is 10.1. The summed E-state index contributed by atoms with van der Waals surface area (Å²) in [7, 11) is 3.46. The highest BCUT2D eigenvalue weighted by Gasteiger charge is 2.18. The number of carbonyl (C=O) groups excluding carboxylic acids is 2. The molecule has 4 nitrogen and oxygen atoms in total. The molecule has 0 bridgehead atoms. The number of hydrogen-bond donors (Lipinski definition) is 0. The summed E-state index contributed by atoms with van der Waals surface area (Å²) < 4.78 is 0. The minimum atomic E-state index is -0.109. The van der Waals surface area contributed by atoms with E-state index in [1.54, 1.807) is 36.8 Å².